The van der Waals surface area contributed by atoms with E-state index in [-0.39, 0.29) is 5.92 Å². The summed E-state index contributed by atoms with van der Waals surface area (Å²) in [7, 11) is 0. The van der Waals surface area contributed by atoms with Crippen molar-refractivity contribution in [1.29, 1.82) is 0 Å². The fraction of sp³-hybridized carbons (Fsp3) is 0.560. The largest absolute Gasteiger partial charge is 0.493 e. The van der Waals surface area contributed by atoms with E-state index in [1.54, 1.807) is 0 Å². The second-order valence-electron chi connectivity index (χ2n) is 7.67. The summed E-state index contributed by atoms with van der Waals surface area (Å²) in [5, 5.41) is 4.78. The highest BCUT2D eigenvalue weighted by Gasteiger charge is 2.22. The Labute approximate surface area is 186 Å². The first-order valence-electron chi connectivity index (χ1n) is 11.0. The summed E-state index contributed by atoms with van der Waals surface area (Å²) in [6, 6.07) is 4.57. The van der Waals surface area contributed by atoms with Gasteiger partial charge < -0.3 is 10.2 Å². The van der Waals surface area contributed by atoms with Crippen LogP contribution in [0.4, 0.5) is 0 Å². The number of hydrogen-bond donors (Lipinski definition) is 1. The first-order valence-corrected chi connectivity index (χ1v) is 11.8. The second kappa shape index (κ2) is 12.9. The summed E-state index contributed by atoms with van der Waals surface area (Å²) in [6.07, 6.45) is 7.41. The van der Waals surface area contributed by atoms with Crippen molar-refractivity contribution in [2.24, 2.45) is 11.0 Å². The van der Waals surface area contributed by atoms with E-state index in [1.165, 1.54) is 15.6 Å². The lowest BCUT2D eigenvalue weighted by Crippen LogP contribution is -2.20. The van der Waals surface area contributed by atoms with Gasteiger partial charge in [0.2, 0.25) is 0 Å². The number of halogens is 1. The van der Waals surface area contributed by atoms with Crippen LogP contribution in [0.5, 0.6) is 5.75 Å². The Morgan fingerprint density at radius 1 is 1.14 bits per heavy atom. The Kier molecular flexibility index (Phi) is 11.3. The van der Waals surface area contributed by atoms with Crippen molar-refractivity contribution in [2.45, 2.75) is 73.6 Å². The van der Waals surface area contributed by atoms with E-state index >= 15 is 0 Å². The van der Waals surface area contributed by atoms with Crippen molar-refractivity contribution in [2.75, 3.05) is 13.2 Å². The zero-order valence-corrected chi connectivity index (χ0v) is 21.1. The first kappa shape index (κ1) is 25.5. The van der Waals surface area contributed by atoms with Crippen LogP contribution in [0.25, 0.3) is 0 Å². The smallest absolute Gasteiger partial charge is 0.131 e. The molecule has 0 amide bonds. The molecule has 29 heavy (non-hydrogen) atoms. The summed E-state index contributed by atoms with van der Waals surface area (Å²) in [6.45, 7) is 18.5. The Hall–Kier alpha value is -1.55. The molecule has 0 saturated heterocycles. The van der Waals surface area contributed by atoms with Crippen molar-refractivity contribution >= 4 is 21.6 Å². The van der Waals surface area contributed by atoms with Crippen LogP contribution in [0.15, 0.2) is 39.9 Å². The van der Waals surface area contributed by atoms with Crippen molar-refractivity contribution < 1.29 is 4.74 Å². The number of hydrogen-bond acceptors (Lipinski definition) is 3. The number of rotatable bonds is 5. The average molecular weight is 464 g/mol. The molecule has 1 aliphatic heterocycles. The van der Waals surface area contributed by atoms with Crippen LogP contribution in [0.3, 0.4) is 0 Å². The van der Waals surface area contributed by atoms with Crippen LogP contribution in [0.2, 0.25) is 0 Å². The maximum absolute atomic E-state index is 6.17. The van der Waals surface area contributed by atoms with Crippen LogP contribution >= 0.6 is 15.9 Å². The zero-order valence-electron chi connectivity index (χ0n) is 19.5. The maximum atomic E-state index is 6.17. The quantitative estimate of drug-likeness (QED) is 0.458. The summed E-state index contributed by atoms with van der Waals surface area (Å²) in [5.74, 6) is 1.98. The Morgan fingerprint density at radius 2 is 1.83 bits per heavy atom. The van der Waals surface area contributed by atoms with Crippen LogP contribution in [-0.4, -0.2) is 18.9 Å². The monoisotopic (exact) mass is 462 g/mol. The molecule has 0 bridgehead atoms. The van der Waals surface area contributed by atoms with Gasteiger partial charge in [0.15, 0.2) is 0 Å². The van der Waals surface area contributed by atoms with Gasteiger partial charge in [0.1, 0.15) is 5.75 Å². The molecule has 162 valence electrons. The highest BCUT2D eigenvalue weighted by Crippen LogP contribution is 2.36. The van der Waals surface area contributed by atoms with E-state index < -0.39 is 0 Å². The zero-order chi connectivity index (χ0) is 22.0. The molecule has 0 radical (unpaired) electrons. The van der Waals surface area contributed by atoms with E-state index in [4.69, 9.17) is 9.84 Å². The van der Waals surface area contributed by atoms with Gasteiger partial charge in [-0.3, -0.25) is 0 Å². The van der Waals surface area contributed by atoms with Crippen molar-refractivity contribution in [3.63, 3.8) is 0 Å². The molecule has 0 fully saturated rings. The molecule has 1 N–H and O–H groups in total. The normalized spacial score (nSPS) is 21.8. The van der Waals surface area contributed by atoms with Gasteiger partial charge in [-0.25, -0.2) is 0 Å². The predicted octanol–water partition coefficient (Wildman–Crippen LogP) is 7.53. The SMILES string of the molecule is CC.CCOc1c(/C2=N/NC/C=C\C/C(Br)=C\C2C)cc(C(C)C)cc1C(C)C. The number of benzene rings is 1. The van der Waals surface area contributed by atoms with Crippen molar-refractivity contribution in [3.8, 4) is 5.75 Å². The summed E-state index contributed by atoms with van der Waals surface area (Å²) in [5.41, 5.74) is 7.93. The number of ether oxygens (including phenoxy) is 1. The summed E-state index contributed by atoms with van der Waals surface area (Å²) in [4.78, 5) is 0. The van der Waals surface area contributed by atoms with E-state index in [0.717, 1.165) is 30.0 Å². The second-order valence-corrected chi connectivity index (χ2v) is 8.68. The summed E-state index contributed by atoms with van der Waals surface area (Å²) < 4.78 is 7.35. The molecule has 2 rings (SSSR count). The van der Waals surface area contributed by atoms with Gasteiger partial charge in [0.25, 0.3) is 0 Å². The lowest BCUT2D eigenvalue weighted by molar-refractivity contribution is 0.334. The van der Waals surface area contributed by atoms with Gasteiger partial charge in [0.05, 0.1) is 18.9 Å². The molecule has 3 nitrogen and oxygen atoms in total. The van der Waals surface area contributed by atoms with Gasteiger partial charge in [-0.05, 0) is 46.9 Å². The van der Waals surface area contributed by atoms with Gasteiger partial charge >= 0.3 is 0 Å². The Balaban J connectivity index is 0.00000204. The molecule has 0 saturated carbocycles. The molecule has 4 heteroatoms. The van der Waals surface area contributed by atoms with Crippen LogP contribution in [-0.2, 0) is 0 Å². The summed E-state index contributed by atoms with van der Waals surface area (Å²) >= 11 is 3.70. The number of nitrogens with zero attached hydrogens (tertiary/aromatic N) is 1. The molecular weight excluding hydrogens is 424 g/mol. The van der Waals surface area contributed by atoms with E-state index in [0.29, 0.717) is 18.4 Å². The lowest BCUT2D eigenvalue weighted by atomic mass is 9.87. The van der Waals surface area contributed by atoms with Crippen molar-refractivity contribution in [1.82, 2.24) is 5.43 Å². The average Bonchev–Trinajstić information content (AvgIpc) is 2.68. The Bertz CT molecular complexity index is 733. The molecular formula is C25H39BrN2O. The third kappa shape index (κ3) is 7.33. The maximum Gasteiger partial charge on any atom is 0.131 e. The number of hydrazone groups is 1. The molecule has 1 aromatic carbocycles. The van der Waals surface area contributed by atoms with E-state index in [9.17, 15) is 0 Å². The molecule has 1 atom stereocenters. The molecule has 1 aliphatic rings. The predicted molar refractivity (Wildman–Crippen MR) is 132 cm³/mol. The van der Waals surface area contributed by atoms with E-state index in [1.807, 2.05) is 20.8 Å². The molecule has 1 heterocycles. The molecule has 0 aromatic heterocycles. The first-order chi connectivity index (χ1) is 13.8. The molecule has 0 aliphatic carbocycles. The van der Waals surface area contributed by atoms with Crippen LogP contribution in [0.1, 0.15) is 90.3 Å². The third-order valence-electron chi connectivity index (χ3n) is 4.74. The number of allylic oxidation sites excluding steroid dienone is 3. The lowest BCUT2D eigenvalue weighted by Gasteiger charge is -2.23. The topological polar surface area (TPSA) is 33.6 Å². The van der Waals surface area contributed by atoms with Crippen molar-refractivity contribution in [3.05, 3.63) is 51.5 Å². The van der Waals surface area contributed by atoms with Gasteiger partial charge in [-0.15, -0.1) is 0 Å². The highest BCUT2D eigenvalue weighted by molar-refractivity contribution is 9.11. The fourth-order valence-electron chi connectivity index (χ4n) is 3.22. The minimum absolute atomic E-state index is 0.167. The van der Waals surface area contributed by atoms with Crippen LogP contribution in [0, 0.1) is 5.92 Å². The number of nitrogens with one attached hydrogen (secondary N) is 1. The minimum Gasteiger partial charge on any atom is -0.493 e. The Morgan fingerprint density at radius 3 is 2.41 bits per heavy atom. The van der Waals surface area contributed by atoms with Crippen LogP contribution < -0.4 is 10.2 Å². The third-order valence-corrected chi connectivity index (χ3v) is 5.33. The fourth-order valence-corrected chi connectivity index (χ4v) is 3.80. The van der Waals surface area contributed by atoms with Gasteiger partial charge in [-0.1, -0.05) is 88.7 Å². The molecule has 1 unspecified atom stereocenters. The highest BCUT2D eigenvalue weighted by atomic mass is 79.9. The van der Waals surface area contributed by atoms with E-state index in [2.05, 4.69) is 86.3 Å². The molecule has 0 spiro atoms. The minimum atomic E-state index is 0.167. The van der Waals surface area contributed by atoms with Gasteiger partial charge in [0, 0.05) is 11.5 Å². The molecule has 1 aromatic rings. The van der Waals surface area contributed by atoms with Gasteiger partial charge in [-0.2, -0.15) is 5.10 Å². The standard InChI is InChI=1S/C23H33BrN2O.C2H6/c1-7-27-23-20(16(4)5)13-18(15(2)3)14-21(23)22-17(6)12-19(24)10-8-9-11-25-26-22;1-2/h8-9,12-17,25H,7,10-11H2,1-6H3;1-2H3/b9-8-,19-12+,26-22+;.